The Kier molecular flexibility index (Phi) is 4.32. The van der Waals surface area contributed by atoms with Crippen LogP contribution in [0.3, 0.4) is 0 Å². The molecule has 0 spiro atoms. The van der Waals surface area contributed by atoms with Crippen LogP contribution in [0.25, 0.3) is 16.9 Å². The molecule has 0 saturated carbocycles. The molecule has 1 aromatic carbocycles. The van der Waals surface area contributed by atoms with Crippen molar-refractivity contribution in [2.45, 2.75) is 25.9 Å². The van der Waals surface area contributed by atoms with E-state index in [0.717, 1.165) is 60.0 Å². The normalized spacial score (nSPS) is 17.1. The van der Waals surface area contributed by atoms with Gasteiger partial charge < -0.3 is 14.8 Å². The Balaban J connectivity index is 1.75. The van der Waals surface area contributed by atoms with Gasteiger partial charge in [-0.2, -0.15) is 0 Å². The second-order valence-corrected chi connectivity index (χ2v) is 6.44. The second kappa shape index (κ2) is 6.76. The Morgan fingerprint density at radius 3 is 2.84 bits per heavy atom. The molecule has 130 valence electrons. The van der Waals surface area contributed by atoms with E-state index in [4.69, 9.17) is 14.5 Å². The number of anilines is 1. The molecule has 25 heavy (non-hydrogen) atoms. The molecule has 1 atom stereocenters. The Labute approximate surface area is 147 Å². The van der Waals surface area contributed by atoms with Gasteiger partial charge in [0.15, 0.2) is 0 Å². The van der Waals surface area contributed by atoms with Crippen LogP contribution in [0.4, 0.5) is 5.82 Å². The average molecular weight is 337 g/mol. The fourth-order valence-corrected chi connectivity index (χ4v) is 3.34. The first-order valence-electron chi connectivity index (χ1n) is 8.74. The summed E-state index contributed by atoms with van der Waals surface area (Å²) in [5.41, 5.74) is 4.15. The molecule has 3 heterocycles. The van der Waals surface area contributed by atoms with Gasteiger partial charge in [0.05, 0.1) is 13.2 Å². The van der Waals surface area contributed by atoms with Gasteiger partial charge in [0.25, 0.3) is 0 Å². The predicted octanol–water partition coefficient (Wildman–Crippen LogP) is 3.91. The number of imidazole rings is 1. The molecule has 3 aromatic rings. The largest absolute Gasteiger partial charge is 0.497 e. The first kappa shape index (κ1) is 16.0. The van der Waals surface area contributed by atoms with E-state index in [1.165, 1.54) is 0 Å². The zero-order chi connectivity index (χ0) is 17.2. The molecule has 5 heteroatoms. The number of rotatable bonds is 5. The highest BCUT2D eigenvalue weighted by Crippen LogP contribution is 2.31. The zero-order valence-electron chi connectivity index (χ0n) is 14.7. The van der Waals surface area contributed by atoms with Crippen molar-refractivity contribution in [3.05, 3.63) is 48.2 Å². The molecule has 4 rings (SSSR count). The molecule has 1 aliphatic rings. The third kappa shape index (κ3) is 3.07. The Morgan fingerprint density at radius 2 is 2.12 bits per heavy atom. The highest BCUT2D eigenvalue weighted by molar-refractivity contribution is 5.77. The maximum atomic E-state index is 5.75. The molecule has 0 aliphatic carbocycles. The van der Waals surface area contributed by atoms with E-state index in [2.05, 4.69) is 35.0 Å². The minimum absolute atomic E-state index is 0.277. The molecule has 0 amide bonds. The van der Waals surface area contributed by atoms with Crippen LogP contribution >= 0.6 is 0 Å². The van der Waals surface area contributed by atoms with E-state index in [0.29, 0.717) is 0 Å². The third-order valence-corrected chi connectivity index (χ3v) is 4.73. The molecule has 0 bridgehead atoms. The summed E-state index contributed by atoms with van der Waals surface area (Å²) in [5, 5.41) is 3.58. The van der Waals surface area contributed by atoms with Crippen LogP contribution in [0.15, 0.2) is 42.6 Å². The van der Waals surface area contributed by atoms with Crippen molar-refractivity contribution >= 4 is 11.5 Å². The van der Waals surface area contributed by atoms with Crippen molar-refractivity contribution in [2.24, 2.45) is 0 Å². The van der Waals surface area contributed by atoms with E-state index >= 15 is 0 Å². The lowest BCUT2D eigenvalue weighted by molar-refractivity contribution is 0.120. The second-order valence-electron chi connectivity index (χ2n) is 6.44. The summed E-state index contributed by atoms with van der Waals surface area (Å²) in [6.07, 6.45) is 4.59. The van der Waals surface area contributed by atoms with E-state index in [9.17, 15) is 0 Å². The van der Waals surface area contributed by atoms with Crippen LogP contribution in [0.1, 0.15) is 18.4 Å². The summed E-state index contributed by atoms with van der Waals surface area (Å²) < 4.78 is 13.2. The van der Waals surface area contributed by atoms with Gasteiger partial charge in [-0.3, -0.25) is 4.40 Å². The molecule has 0 radical (unpaired) electrons. The van der Waals surface area contributed by atoms with Gasteiger partial charge in [-0.05, 0) is 55.7 Å². The monoisotopic (exact) mass is 337 g/mol. The minimum atomic E-state index is 0.277. The molecule has 1 fully saturated rings. The van der Waals surface area contributed by atoms with Crippen LogP contribution in [-0.4, -0.2) is 35.8 Å². The van der Waals surface area contributed by atoms with Gasteiger partial charge in [0.2, 0.25) is 0 Å². The summed E-state index contributed by atoms with van der Waals surface area (Å²) in [5.74, 6) is 1.86. The average Bonchev–Trinajstić information content (AvgIpc) is 3.28. The first-order valence-corrected chi connectivity index (χ1v) is 8.74. The van der Waals surface area contributed by atoms with Gasteiger partial charge in [-0.25, -0.2) is 4.98 Å². The van der Waals surface area contributed by atoms with Crippen molar-refractivity contribution in [1.82, 2.24) is 9.38 Å². The van der Waals surface area contributed by atoms with E-state index in [-0.39, 0.29) is 6.10 Å². The van der Waals surface area contributed by atoms with Crippen molar-refractivity contribution in [1.29, 1.82) is 0 Å². The van der Waals surface area contributed by atoms with Crippen LogP contribution in [0.2, 0.25) is 0 Å². The number of hydrogen-bond donors (Lipinski definition) is 1. The molecule has 1 aliphatic heterocycles. The molecule has 2 aromatic heterocycles. The number of hydrogen-bond acceptors (Lipinski definition) is 4. The van der Waals surface area contributed by atoms with Gasteiger partial charge in [-0.1, -0.05) is 6.07 Å². The number of benzene rings is 1. The summed E-state index contributed by atoms with van der Waals surface area (Å²) in [6, 6.07) is 12.2. The predicted molar refractivity (Wildman–Crippen MR) is 99.4 cm³/mol. The van der Waals surface area contributed by atoms with E-state index in [1.54, 1.807) is 7.11 Å². The van der Waals surface area contributed by atoms with Crippen LogP contribution < -0.4 is 10.1 Å². The van der Waals surface area contributed by atoms with Gasteiger partial charge >= 0.3 is 0 Å². The quantitative estimate of drug-likeness (QED) is 0.767. The van der Waals surface area contributed by atoms with Gasteiger partial charge in [0, 0.05) is 24.9 Å². The lowest BCUT2D eigenvalue weighted by atomic mass is 10.1. The molecule has 1 N–H and O–H groups in total. The van der Waals surface area contributed by atoms with Crippen LogP contribution in [0.5, 0.6) is 5.75 Å². The maximum Gasteiger partial charge on any atom is 0.142 e. The van der Waals surface area contributed by atoms with Crippen LogP contribution in [-0.2, 0) is 4.74 Å². The number of nitrogens with zero attached hydrogens (tertiary/aromatic N) is 2. The minimum Gasteiger partial charge on any atom is -0.497 e. The maximum absolute atomic E-state index is 5.75. The number of nitrogens with one attached hydrogen (secondary N) is 1. The first-order chi connectivity index (χ1) is 12.3. The zero-order valence-corrected chi connectivity index (χ0v) is 14.7. The summed E-state index contributed by atoms with van der Waals surface area (Å²) in [6.45, 7) is 3.75. The fraction of sp³-hybridized carbons (Fsp3) is 0.350. The lowest BCUT2D eigenvalue weighted by Crippen LogP contribution is -2.19. The Hall–Kier alpha value is -2.53. The van der Waals surface area contributed by atoms with Crippen molar-refractivity contribution in [3.63, 3.8) is 0 Å². The van der Waals surface area contributed by atoms with Crippen molar-refractivity contribution in [3.8, 4) is 17.0 Å². The number of fused-ring (bicyclic) bond motifs is 1. The fourth-order valence-electron chi connectivity index (χ4n) is 3.34. The number of aromatic nitrogens is 2. The number of methoxy groups -OCH3 is 1. The smallest absolute Gasteiger partial charge is 0.142 e. The van der Waals surface area contributed by atoms with Crippen molar-refractivity contribution < 1.29 is 9.47 Å². The van der Waals surface area contributed by atoms with Gasteiger partial charge in [-0.15, -0.1) is 0 Å². The highest BCUT2D eigenvalue weighted by Gasteiger charge is 2.19. The summed E-state index contributed by atoms with van der Waals surface area (Å²) in [4.78, 5) is 4.90. The Morgan fingerprint density at radius 1 is 1.28 bits per heavy atom. The molecular formula is C20H23N3O2. The third-order valence-electron chi connectivity index (χ3n) is 4.73. The molecule has 5 nitrogen and oxygen atoms in total. The number of ether oxygens (including phenoxy) is 2. The topological polar surface area (TPSA) is 47.8 Å². The van der Waals surface area contributed by atoms with Crippen molar-refractivity contribution in [2.75, 3.05) is 25.6 Å². The summed E-state index contributed by atoms with van der Waals surface area (Å²) in [7, 11) is 1.68. The molecule has 1 saturated heterocycles. The van der Waals surface area contributed by atoms with E-state index in [1.807, 2.05) is 24.3 Å². The molecular weight excluding hydrogens is 314 g/mol. The van der Waals surface area contributed by atoms with Gasteiger partial charge in [0.1, 0.15) is 22.9 Å². The highest BCUT2D eigenvalue weighted by atomic mass is 16.5. The Bertz CT molecular complexity index is 865. The lowest BCUT2D eigenvalue weighted by Gasteiger charge is -2.13. The van der Waals surface area contributed by atoms with E-state index < -0.39 is 0 Å². The standard InChI is InChI=1S/C20H23N3O2/c1-14-5-3-11-23-19(14)22-18(15-7-9-16(24-2)10-8-15)20(23)21-13-17-6-4-12-25-17/h3,5,7-11,17,21H,4,6,12-13H2,1-2H3. The number of pyridine rings is 1. The molecule has 1 unspecified atom stereocenters. The number of aryl methyl sites for hydroxylation is 1. The van der Waals surface area contributed by atoms with Crippen LogP contribution in [0, 0.1) is 6.92 Å². The summed E-state index contributed by atoms with van der Waals surface area (Å²) >= 11 is 0. The SMILES string of the molecule is COc1ccc(-c2nc3c(C)cccn3c2NCC2CCCO2)cc1.